The van der Waals surface area contributed by atoms with Gasteiger partial charge in [-0.3, -0.25) is 9.69 Å². The van der Waals surface area contributed by atoms with Gasteiger partial charge in [-0.2, -0.15) is 0 Å². The Morgan fingerprint density at radius 3 is 2.79 bits per heavy atom. The van der Waals surface area contributed by atoms with E-state index in [-0.39, 0.29) is 6.04 Å². The Kier molecular flexibility index (Phi) is 5.60. The van der Waals surface area contributed by atoms with Crippen LogP contribution in [-0.4, -0.2) is 61.5 Å². The fourth-order valence-electron chi connectivity index (χ4n) is 3.53. The zero-order chi connectivity index (χ0) is 13.7. The molecule has 110 valence electrons. The summed E-state index contributed by atoms with van der Waals surface area (Å²) in [5.41, 5.74) is 0. The van der Waals surface area contributed by atoms with Gasteiger partial charge in [0.15, 0.2) is 0 Å². The molecule has 2 aliphatic rings. The van der Waals surface area contributed by atoms with Crippen LogP contribution in [0, 0.1) is 5.92 Å². The van der Waals surface area contributed by atoms with Crippen molar-refractivity contribution >= 4 is 5.97 Å². The van der Waals surface area contributed by atoms with E-state index in [9.17, 15) is 9.90 Å². The van der Waals surface area contributed by atoms with Crippen LogP contribution >= 0.6 is 0 Å². The van der Waals surface area contributed by atoms with Gasteiger partial charge in [-0.05, 0) is 25.2 Å². The Bertz CT molecular complexity index is 297. The number of methoxy groups -OCH3 is 1. The third-order valence-corrected chi connectivity index (χ3v) is 4.43. The quantitative estimate of drug-likeness (QED) is 0.709. The molecule has 0 aromatic rings. The average molecular weight is 271 g/mol. The minimum absolute atomic E-state index is 0.306. The van der Waals surface area contributed by atoms with E-state index in [1.807, 2.05) is 0 Å². The summed E-state index contributed by atoms with van der Waals surface area (Å²) >= 11 is 0. The van der Waals surface area contributed by atoms with Gasteiger partial charge in [-0.25, -0.2) is 0 Å². The monoisotopic (exact) mass is 271 g/mol. The van der Waals surface area contributed by atoms with E-state index < -0.39 is 5.97 Å². The molecule has 1 saturated carbocycles. The number of aliphatic carboxylic acids is 1. The molecule has 1 aliphatic carbocycles. The largest absolute Gasteiger partial charge is 0.480 e. The van der Waals surface area contributed by atoms with Crippen LogP contribution in [0.1, 0.15) is 32.1 Å². The van der Waals surface area contributed by atoms with Gasteiger partial charge in [0.05, 0.1) is 19.8 Å². The molecular formula is C14H25NO4. The molecule has 0 bridgehead atoms. The second-order valence-electron chi connectivity index (χ2n) is 5.54. The molecule has 5 nitrogen and oxygen atoms in total. The Morgan fingerprint density at radius 2 is 2.05 bits per heavy atom. The van der Waals surface area contributed by atoms with Gasteiger partial charge in [-0.15, -0.1) is 0 Å². The van der Waals surface area contributed by atoms with Gasteiger partial charge in [0.2, 0.25) is 0 Å². The van der Waals surface area contributed by atoms with E-state index in [1.165, 1.54) is 19.3 Å². The summed E-state index contributed by atoms with van der Waals surface area (Å²) in [6, 6.07) is 0.153. The minimum atomic E-state index is -0.675. The van der Waals surface area contributed by atoms with E-state index in [0.717, 1.165) is 19.4 Å². The number of nitrogens with zero attached hydrogens (tertiary/aromatic N) is 1. The van der Waals surface area contributed by atoms with Crippen LogP contribution in [0.3, 0.4) is 0 Å². The summed E-state index contributed by atoms with van der Waals surface area (Å²) in [6.45, 7) is 2.49. The summed E-state index contributed by atoms with van der Waals surface area (Å²) in [6.07, 6.45) is 5.64. The van der Waals surface area contributed by atoms with E-state index >= 15 is 0 Å². The van der Waals surface area contributed by atoms with Crippen molar-refractivity contribution in [1.82, 2.24) is 4.90 Å². The van der Waals surface area contributed by atoms with Crippen LogP contribution in [0.5, 0.6) is 0 Å². The van der Waals surface area contributed by atoms with Crippen LogP contribution < -0.4 is 0 Å². The summed E-state index contributed by atoms with van der Waals surface area (Å²) < 4.78 is 10.4. The molecule has 0 spiro atoms. The Labute approximate surface area is 114 Å². The van der Waals surface area contributed by atoms with E-state index in [0.29, 0.717) is 31.8 Å². The van der Waals surface area contributed by atoms with Gasteiger partial charge in [0, 0.05) is 19.7 Å². The van der Waals surface area contributed by atoms with Gasteiger partial charge in [0.1, 0.15) is 6.04 Å². The Balaban J connectivity index is 1.85. The summed E-state index contributed by atoms with van der Waals surface area (Å²) in [5.74, 6) is -0.0971. The molecular weight excluding hydrogens is 246 g/mol. The first-order valence-corrected chi connectivity index (χ1v) is 7.29. The van der Waals surface area contributed by atoms with Crippen molar-refractivity contribution in [1.29, 1.82) is 0 Å². The molecule has 2 rings (SSSR count). The molecule has 5 heteroatoms. The number of carboxylic acid groups (broad SMARTS) is 1. The predicted molar refractivity (Wildman–Crippen MR) is 71.2 cm³/mol. The van der Waals surface area contributed by atoms with Crippen molar-refractivity contribution < 1.29 is 19.4 Å². The molecule has 0 aromatic heterocycles. The molecule has 0 amide bonds. The number of carboxylic acids is 1. The van der Waals surface area contributed by atoms with Crippen molar-refractivity contribution in [2.45, 2.75) is 44.2 Å². The van der Waals surface area contributed by atoms with Crippen LogP contribution in [0.2, 0.25) is 0 Å². The highest BCUT2D eigenvalue weighted by molar-refractivity contribution is 5.74. The van der Waals surface area contributed by atoms with E-state index in [2.05, 4.69) is 4.90 Å². The summed E-state index contributed by atoms with van der Waals surface area (Å²) in [4.78, 5) is 13.6. The van der Waals surface area contributed by atoms with Gasteiger partial charge in [0.25, 0.3) is 0 Å². The molecule has 1 N–H and O–H groups in total. The lowest BCUT2D eigenvalue weighted by Gasteiger charge is -2.32. The number of likely N-dealkylation sites (tertiary alicyclic amines) is 1. The first-order valence-electron chi connectivity index (χ1n) is 7.29. The first kappa shape index (κ1) is 14.8. The maximum Gasteiger partial charge on any atom is 0.320 e. The van der Waals surface area contributed by atoms with Crippen molar-refractivity contribution in [2.75, 3.05) is 33.5 Å². The lowest BCUT2D eigenvalue weighted by molar-refractivity contribution is -0.143. The SMILES string of the molecule is COCCOCCN1C(C(=O)O)CC2CCCCC21. The third-order valence-electron chi connectivity index (χ3n) is 4.43. The standard InChI is InChI=1S/C14H25NO4/c1-18-8-9-19-7-6-15-12-5-3-2-4-11(12)10-13(15)14(16)17/h11-13H,2-10H2,1H3,(H,16,17). The van der Waals surface area contributed by atoms with Crippen LogP contribution in [0.4, 0.5) is 0 Å². The van der Waals surface area contributed by atoms with E-state index in [4.69, 9.17) is 9.47 Å². The number of hydrogen-bond donors (Lipinski definition) is 1. The van der Waals surface area contributed by atoms with Gasteiger partial charge < -0.3 is 14.6 Å². The fraction of sp³-hybridized carbons (Fsp3) is 0.929. The molecule has 3 unspecified atom stereocenters. The normalized spacial score (nSPS) is 31.3. The van der Waals surface area contributed by atoms with E-state index in [1.54, 1.807) is 7.11 Å². The van der Waals surface area contributed by atoms with Crippen molar-refractivity contribution in [3.05, 3.63) is 0 Å². The lowest BCUT2D eigenvalue weighted by Crippen LogP contribution is -2.44. The molecule has 3 atom stereocenters. The number of carbonyl (C=O) groups is 1. The Morgan fingerprint density at radius 1 is 1.26 bits per heavy atom. The molecule has 0 radical (unpaired) electrons. The third kappa shape index (κ3) is 3.68. The Hall–Kier alpha value is -0.650. The summed E-state index contributed by atoms with van der Waals surface area (Å²) in [7, 11) is 1.65. The second kappa shape index (κ2) is 7.22. The molecule has 1 aliphatic heterocycles. The van der Waals surface area contributed by atoms with Crippen LogP contribution in [0.15, 0.2) is 0 Å². The molecule has 1 saturated heterocycles. The lowest BCUT2D eigenvalue weighted by atomic mass is 9.85. The minimum Gasteiger partial charge on any atom is -0.480 e. The van der Waals surface area contributed by atoms with Crippen molar-refractivity contribution in [3.8, 4) is 0 Å². The van der Waals surface area contributed by atoms with Crippen molar-refractivity contribution in [3.63, 3.8) is 0 Å². The second-order valence-corrected chi connectivity index (χ2v) is 5.54. The molecule has 0 aromatic carbocycles. The van der Waals surface area contributed by atoms with Gasteiger partial charge in [-0.1, -0.05) is 12.8 Å². The maximum absolute atomic E-state index is 11.4. The first-order chi connectivity index (χ1) is 9.24. The van der Waals surface area contributed by atoms with Gasteiger partial charge >= 0.3 is 5.97 Å². The van der Waals surface area contributed by atoms with Crippen LogP contribution in [0.25, 0.3) is 0 Å². The number of ether oxygens (including phenoxy) is 2. The topological polar surface area (TPSA) is 59.0 Å². The average Bonchev–Trinajstić information content (AvgIpc) is 2.78. The predicted octanol–water partition coefficient (Wildman–Crippen LogP) is 1.37. The maximum atomic E-state index is 11.4. The highest BCUT2D eigenvalue weighted by atomic mass is 16.5. The smallest absolute Gasteiger partial charge is 0.320 e. The van der Waals surface area contributed by atoms with Crippen molar-refractivity contribution in [2.24, 2.45) is 5.92 Å². The number of rotatable bonds is 7. The molecule has 2 fully saturated rings. The fourth-order valence-corrected chi connectivity index (χ4v) is 3.53. The zero-order valence-corrected chi connectivity index (χ0v) is 11.7. The van der Waals surface area contributed by atoms with Crippen LogP contribution in [-0.2, 0) is 14.3 Å². The zero-order valence-electron chi connectivity index (χ0n) is 11.7. The number of fused-ring (bicyclic) bond motifs is 1. The highest BCUT2D eigenvalue weighted by Crippen LogP contribution is 2.39. The number of hydrogen-bond acceptors (Lipinski definition) is 4. The molecule has 1 heterocycles. The highest BCUT2D eigenvalue weighted by Gasteiger charge is 2.44. The molecule has 19 heavy (non-hydrogen) atoms. The summed E-state index contributed by atoms with van der Waals surface area (Å²) in [5, 5.41) is 9.37.